The van der Waals surface area contributed by atoms with E-state index in [4.69, 9.17) is 4.43 Å². The molecule has 1 aromatic rings. The molecule has 0 N–H and O–H groups in total. The average Bonchev–Trinajstić information content (AvgIpc) is 2.14. The summed E-state index contributed by atoms with van der Waals surface area (Å²) < 4.78 is 5.59. The van der Waals surface area contributed by atoms with E-state index in [2.05, 4.69) is 31.7 Å². The highest BCUT2D eigenvalue weighted by Gasteiger charge is 1.89. The number of benzene rings is 1. The minimum Gasteiger partial charge on any atom is -0.415 e. The topological polar surface area (TPSA) is 9.23 Å². The Morgan fingerprint density at radius 1 is 1.31 bits per heavy atom. The molecule has 0 saturated heterocycles. The maximum absolute atomic E-state index is 5.59. The fourth-order valence-corrected chi connectivity index (χ4v) is 1.78. The largest absolute Gasteiger partial charge is 0.415 e. The second-order valence-electron chi connectivity index (χ2n) is 3.28. The Bertz CT molecular complexity index is 263. The zero-order chi connectivity index (χ0) is 9.52. The molecule has 0 bridgehead atoms. The molecule has 0 saturated carbocycles. The monoisotopic (exact) mass is 192 g/mol. The number of hydrogen-bond donors (Lipinski definition) is 0. The van der Waals surface area contributed by atoms with Gasteiger partial charge < -0.3 is 4.43 Å². The van der Waals surface area contributed by atoms with Crippen molar-refractivity contribution < 1.29 is 4.43 Å². The normalized spacial score (nSPS) is 10.6. The van der Waals surface area contributed by atoms with Gasteiger partial charge in [0.2, 0.25) is 0 Å². The van der Waals surface area contributed by atoms with E-state index in [0.717, 1.165) is 6.61 Å². The van der Waals surface area contributed by atoms with E-state index in [9.17, 15) is 0 Å². The minimum atomic E-state index is -0.442. The highest BCUT2D eigenvalue weighted by atomic mass is 28.2. The summed E-state index contributed by atoms with van der Waals surface area (Å²) in [6.07, 6.45) is 0. The molecule has 13 heavy (non-hydrogen) atoms. The molecule has 70 valence electrons. The second kappa shape index (κ2) is 5.73. The van der Waals surface area contributed by atoms with Crippen LogP contribution in [0.25, 0.3) is 0 Å². The maximum atomic E-state index is 5.59. The Kier molecular flexibility index (Phi) is 4.50. The second-order valence-corrected chi connectivity index (χ2v) is 4.43. The molecule has 0 heterocycles. The van der Waals surface area contributed by atoms with E-state index < -0.39 is 9.76 Å². The number of allylic oxidation sites excluding steroid dienone is 1. The average molecular weight is 192 g/mol. The molecule has 0 aliphatic rings. The third-order valence-electron chi connectivity index (χ3n) is 1.72. The van der Waals surface area contributed by atoms with Crippen molar-refractivity contribution in [2.45, 2.75) is 20.5 Å². The number of rotatable bonds is 4. The van der Waals surface area contributed by atoms with Crippen molar-refractivity contribution in [2.24, 2.45) is 0 Å². The van der Waals surface area contributed by atoms with Crippen LogP contribution in [-0.2, 0) is 11.0 Å². The van der Waals surface area contributed by atoms with Gasteiger partial charge in [-0.3, -0.25) is 0 Å². The third-order valence-corrected chi connectivity index (χ3v) is 3.14. The zero-order valence-corrected chi connectivity index (χ0v) is 9.70. The van der Waals surface area contributed by atoms with Crippen molar-refractivity contribution in [3.63, 3.8) is 0 Å². The van der Waals surface area contributed by atoms with E-state index in [1.165, 1.54) is 11.1 Å². The van der Waals surface area contributed by atoms with Gasteiger partial charge in [0.15, 0.2) is 9.76 Å². The van der Waals surface area contributed by atoms with Crippen LogP contribution in [0.5, 0.6) is 0 Å². The molecule has 1 rings (SSSR count). The highest BCUT2D eigenvalue weighted by molar-refractivity contribution is 6.34. The summed E-state index contributed by atoms with van der Waals surface area (Å²) in [5.41, 5.74) is 4.85. The van der Waals surface area contributed by atoms with Crippen LogP contribution in [-0.4, -0.2) is 9.76 Å². The van der Waals surface area contributed by atoms with Gasteiger partial charge in [0.25, 0.3) is 0 Å². The van der Waals surface area contributed by atoms with Gasteiger partial charge in [0, 0.05) is 0 Å². The summed E-state index contributed by atoms with van der Waals surface area (Å²) in [4.78, 5) is 0. The van der Waals surface area contributed by atoms with Crippen molar-refractivity contribution in [2.75, 3.05) is 0 Å². The van der Waals surface area contributed by atoms with Crippen molar-refractivity contribution in [3.05, 3.63) is 47.2 Å². The first-order valence-electron chi connectivity index (χ1n) is 4.54. The molecule has 1 nitrogen and oxygen atoms in total. The van der Waals surface area contributed by atoms with Crippen LogP contribution in [0.4, 0.5) is 0 Å². The van der Waals surface area contributed by atoms with Crippen LogP contribution in [0.2, 0.25) is 0 Å². The number of hydrogen-bond acceptors (Lipinski definition) is 1. The minimum absolute atomic E-state index is 0.442. The summed E-state index contributed by atoms with van der Waals surface area (Å²) in [5, 5.41) is 0. The fourth-order valence-electron chi connectivity index (χ4n) is 0.977. The van der Waals surface area contributed by atoms with Crippen molar-refractivity contribution in [1.29, 1.82) is 0 Å². The van der Waals surface area contributed by atoms with Crippen LogP contribution in [0.1, 0.15) is 19.4 Å². The highest BCUT2D eigenvalue weighted by Crippen LogP contribution is 1.99. The van der Waals surface area contributed by atoms with Gasteiger partial charge in [0.1, 0.15) is 0 Å². The van der Waals surface area contributed by atoms with Gasteiger partial charge in [-0.25, -0.2) is 0 Å². The van der Waals surface area contributed by atoms with Gasteiger partial charge in [-0.15, -0.1) is 0 Å². The molecule has 0 amide bonds. The zero-order valence-electron chi connectivity index (χ0n) is 8.29. The van der Waals surface area contributed by atoms with Crippen LogP contribution in [0, 0.1) is 0 Å². The van der Waals surface area contributed by atoms with Gasteiger partial charge >= 0.3 is 0 Å². The summed E-state index contributed by atoms with van der Waals surface area (Å²) in [7, 11) is -0.442. The van der Waals surface area contributed by atoms with E-state index >= 15 is 0 Å². The van der Waals surface area contributed by atoms with Crippen molar-refractivity contribution >= 4 is 9.76 Å². The molecule has 0 unspecified atom stereocenters. The molecule has 0 fully saturated rings. The molecule has 0 aliphatic heterocycles. The lowest BCUT2D eigenvalue weighted by atomic mass is 10.2. The SMILES string of the molecule is CC(C)=C[SiH2]OCc1ccccc1. The predicted octanol–water partition coefficient (Wildman–Crippen LogP) is 2.21. The summed E-state index contributed by atoms with van der Waals surface area (Å²) in [5.74, 6) is 0. The Morgan fingerprint density at radius 3 is 2.62 bits per heavy atom. The molecule has 0 radical (unpaired) electrons. The molecule has 2 heteroatoms. The van der Waals surface area contributed by atoms with Crippen LogP contribution >= 0.6 is 0 Å². The Morgan fingerprint density at radius 2 is 2.00 bits per heavy atom. The first-order valence-corrected chi connectivity index (χ1v) is 5.93. The van der Waals surface area contributed by atoms with Gasteiger partial charge in [-0.2, -0.15) is 0 Å². The molecule has 0 aromatic heterocycles. The van der Waals surface area contributed by atoms with Gasteiger partial charge in [-0.1, -0.05) is 41.6 Å². The van der Waals surface area contributed by atoms with Crippen LogP contribution < -0.4 is 0 Å². The van der Waals surface area contributed by atoms with E-state index in [-0.39, 0.29) is 0 Å². The fraction of sp³-hybridized carbons (Fsp3) is 0.273. The standard InChI is InChI=1S/C11H16OSi/c1-10(2)9-13-12-8-11-6-4-3-5-7-11/h3-7,9H,8,13H2,1-2H3. The van der Waals surface area contributed by atoms with Crippen molar-refractivity contribution in [3.8, 4) is 0 Å². The Balaban J connectivity index is 2.25. The molecular weight excluding hydrogens is 176 g/mol. The van der Waals surface area contributed by atoms with Gasteiger partial charge in [0.05, 0.1) is 6.61 Å². The van der Waals surface area contributed by atoms with E-state index in [0.29, 0.717) is 0 Å². The quantitative estimate of drug-likeness (QED) is 0.525. The smallest absolute Gasteiger partial charge is 0.185 e. The van der Waals surface area contributed by atoms with Crippen molar-refractivity contribution in [1.82, 2.24) is 0 Å². The third kappa shape index (κ3) is 4.65. The molecule has 1 aromatic carbocycles. The molecular formula is C11H16OSi. The van der Waals surface area contributed by atoms with Crippen LogP contribution in [0.15, 0.2) is 41.6 Å². The Hall–Kier alpha value is -0.863. The van der Waals surface area contributed by atoms with E-state index in [1.807, 2.05) is 18.2 Å². The lowest BCUT2D eigenvalue weighted by Crippen LogP contribution is -1.96. The first-order chi connectivity index (χ1) is 6.29. The van der Waals surface area contributed by atoms with Gasteiger partial charge in [-0.05, 0) is 19.4 Å². The van der Waals surface area contributed by atoms with E-state index in [1.54, 1.807) is 0 Å². The molecule has 0 spiro atoms. The predicted molar refractivity (Wildman–Crippen MR) is 59.2 cm³/mol. The van der Waals surface area contributed by atoms with Crippen LogP contribution in [0.3, 0.4) is 0 Å². The molecule has 0 atom stereocenters. The first kappa shape index (κ1) is 10.2. The summed E-state index contributed by atoms with van der Waals surface area (Å²) in [6, 6.07) is 10.3. The maximum Gasteiger partial charge on any atom is 0.185 e. The summed E-state index contributed by atoms with van der Waals surface area (Å²) in [6.45, 7) is 4.98. The molecule has 0 aliphatic carbocycles. The lowest BCUT2D eigenvalue weighted by Gasteiger charge is -2.00. The Labute approximate surface area is 82.4 Å². The summed E-state index contributed by atoms with van der Waals surface area (Å²) >= 11 is 0. The lowest BCUT2D eigenvalue weighted by molar-refractivity contribution is 0.330.